The number of aromatic amines is 1. The van der Waals surface area contributed by atoms with Crippen LogP contribution in [0.15, 0.2) is 45.5 Å². The lowest BCUT2D eigenvalue weighted by Crippen LogP contribution is -2.33. The van der Waals surface area contributed by atoms with Gasteiger partial charge in [0.25, 0.3) is 0 Å². The zero-order chi connectivity index (χ0) is 20.5. The van der Waals surface area contributed by atoms with Crippen molar-refractivity contribution in [3.8, 4) is 11.5 Å². The van der Waals surface area contributed by atoms with Gasteiger partial charge in [-0.15, -0.1) is 0 Å². The molecule has 5 rings (SSSR count). The molecule has 7 heteroatoms. The minimum absolute atomic E-state index is 0.208. The van der Waals surface area contributed by atoms with Gasteiger partial charge in [-0.25, -0.2) is 0 Å². The van der Waals surface area contributed by atoms with Crippen LogP contribution in [0, 0.1) is 5.92 Å². The van der Waals surface area contributed by atoms with Crippen LogP contribution in [-0.4, -0.2) is 31.0 Å². The van der Waals surface area contributed by atoms with Gasteiger partial charge < -0.3 is 19.9 Å². The van der Waals surface area contributed by atoms with Crippen LogP contribution in [0.4, 0.5) is 0 Å². The van der Waals surface area contributed by atoms with Gasteiger partial charge in [0, 0.05) is 16.7 Å². The van der Waals surface area contributed by atoms with Crippen molar-refractivity contribution in [2.24, 2.45) is 16.0 Å². The van der Waals surface area contributed by atoms with Crippen molar-refractivity contribution in [3.05, 3.63) is 57.3 Å². The number of methoxy groups -OCH3 is 1. The normalized spacial score (nSPS) is 22.7. The molecule has 156 valence electrons. The molecule has 0 amide bonds. The molecule has 0 spiro atoms. The average Bonchev–Trinajstić information content (AvgIpc) is 3.05. The first-order valence-corrected chi connectivity index (χ1v) is 10.8. The molecule has 30 heavy (non-hydrogen) atoms. The highest BCUT2D eigenvalue weighted by Crippen LogP contribution is 2.37. The fraction of sp³-hybridized carbons (Fsp3) is 0.391. The minimum atomic E-state index is 0.208. The number of hydrogen-bond acceptors (Lipinski definition) is 5. The van der Waals surface area contributed by atoms with Gasteiger partial charge in [-0.05, 0) is 55.4 Å². The Balaban J connectivity index is 1.39. The molecule has 3 aliphatic rings. The largest absolute Gasteiger partial charge is 0.497 e. The first kappa shape index (κ1) is 19.2. The van der Waals surface area contributed by atoms with Gasteiger partial charge in [0.15, 0.2) is 0 Å². The van der Waals surface area contributed by atoms with Crippen molar-refractivity contribution >= 4 is 23.4 Å². The Morgan fingerprint density at radius 1 is 1.13 bits per heavy atom. The number of allylic oxidation sites excluding steroid dienone is 1. The molecule has 0 unspecified atom stereocenters. The molecule has 0 radical (unpaired) electrons. The van der Waals surface area contributed by atoms with E-state index in [2.05, 4.69) is 15.5 Å². The third-order valence-electron chi connectivity index (χ3n) is 6.12. The summed E-state index contributed by atoms with van der Waals surface area (Å²) in [6, 6.07) is 7.82. The van der Waals surface area contributed by atoms with Crippen LogP contribution < -0.4 is 25.6 Å². The van der Waals surface area contributed by atoms with E-state index in [1.165, 1.54) is 11.1 Å². The molecule has 2 aliphatic heterocycles. The second-order valence-corrected chi connectivity index (χ2v) is 8.32. The standard InChI is InChI=1S/C23H25ClN4O2/c1-29-16-3-2-4-17(11-16)30-15-7-5-14(6-8-15)21-19(24)9-10-25-22-18-12-26-27-13-20(18)28-23(21)22/h2-4,9,11,13-15,26,28H,5-8,10,12H2,1H3. The fourth-order valence-electron chi connectivity index (χ4n) is 4.62. The third kappa shape index (κ3) is 3.60. The summed E-state index contributed by atoms with van der Waals surface area (Å²) in [6.45, 7) is 1.29. The summed E-state index contributed by atoms with van der Waals surface area (Å²) in [5.74, 6) is 2.07. The topological polar surface area (TPSA) is 71.0 Å². The zero-order valence-corrected chi connectivity index (χ0v) is 17.7. The van der Waals surface area contributed by atoms with E-state index in [1.54, 1.807) is 7.11 Å². The molecule has 0 bridgehead atoms. The van der Waals surface area contributed by atoms with Gasteiger partial charge in [-0.3, -0.25) is 4.99 Å². The summed E-state index contributed by atoms with van der Waals surface area (Å²) in [6.07, 6.45) is 8.11. The Morgan fingerprint density at radius 2 is 1.97 bits per heavy atom. The number of H-pyrrole nitrogens is 1. The van der Waals surface area contributed by atoms with E-state index in [4.69, 9.17) is 26.1 Å². The summed E-state index contributed by atoms with van der Waals surface area (Å²) in [7, 11) is 1.67. The molecule has 3 heterocycles. The van der Waals surface area contributed by atoms with Gasteiger partial charge in [-0.2, -0.15) is 5.10 Å². The first-order chi connectivity index (χ1) is 14.7. The number of fused-ring (bicyclic) bond motifs is 3. The van der Waals surface area contributed by atoms with Crippen LogP contribution in [0.5, 0.6) is 11.5 Å². The predicted molar refractivity (Wildman–Crippen MR) is 118 cm³/mol. The lowest BCUT2D eigenvalue weighted by atomic mass is 9.82. The average molecular weight is 425 g/mol. The Labute approximate surface area is 180 Å². The van der Waals surface area contributed by atoms with E-state index in [0.29, 0.717) is 19.0 Å². The van der Waals surface area contributed by atoms with Crippen LogP contribution in [0.25, 0.3) is 5.57 Å². The van der Waals surface area contributed by atoms with Crippen LogP contribution in [0.3, 0.4) is 0 Å². The van der Waals surface area contributed by atoms with Gasteiger partial charge in [0.05, 0.1) is 48.9 Å². The Kier molecular flexibility index (Phi) is 5.25. The zero-order valence-electron chi connectivity index (χ0n) is 17.0. The van der Waals surface area contributed by atoms with Crippen LogP contribution in [0.2, 0.25) is 0 Å². The first-order valence-electron chi connectivity index (χ1n) is 10.4. The van der Waals surface area contributed by atoms with Gasteiger partial charge in [0.2, 0.25) is 0 Å². The van der Waals surface area contributed by atoms with Crippen LogP contribution in [-0.2, 0) is 6.54 Å². The van der Waals surface area contributed by atoms with Crippen molar-refractivity contribution in [2.75, 3.05) is 13.7 Å². The number of nitrogens with zero attached hydrogens (tertiary/aromatic N) is 2. The van der Waals surface area contributed by atoms with Crippen molar-refractivity contribution in [2.45, 2.75) is 38.3 Å². The second kappa shape index (κ2) is 8.19. The molecule has 2 aromatic rings. The molecular formula is C23H25ClN4O2. The fourth-order valence-corrected chi connectivity index (χ4v) is 4.94. The maximum atomic E-state index is 6.76. The highest BCUT2D eigenvalue weighted by Gasteiger charge is 2.28. The molecule has 0 saturated heterocycles. The molecular weight excluding hydrogens is 400 g/mol. The van der Waals surface area contributed by atoms with E-state index in [-0.39, 0.29) is 6.10 Å². The molecule has 6 nitrogen and oxygen atoms in total. The quantitative estimate of drug-likeness (QED) is 0.792. The van der Waals surface area contributed by atoms with E-state index >= 15 is 0 Å². The van der Waals surface area contributed by atoms with Gasteiger partial charge in [0.1, 0.15) is 11.5 Å². The number of hydrogen-bond donors (Lipinski definition) is 2. The number of hydrazone groups is 1. The number of ether oxygens (including phenoxy) is 2. The van der Waals surface area contributed by atoms with Gasteiger partial charge in [-0.1, -0.05) is 17.7 Å². The molecule has 0 atom stereocenters. The molecule has 1 aliphatic carbocycles. The number of nitrogens with one attached hydrogen (secondary N) is 2. The van der Waals surface area contributed by atoms with Crippen LogP contribution >= 0.6 is 11.6 Å². The monoisotopic (exact) mass is 424 g/mol. The predicted octanol–water partition coefficient (Wildman–Crippen LogP) is 3.00. The number of benzene rings is 1. The van der Waals surface area contributed by atoms with E-state index < -0.39 is 0 Å². The van der Waals surface area contributed by atoms with Gasteiger partial charge >= 0.3 is 0 Å². The Morgan fingerprint density at radius 3 is 2.80 bits per heavy atom. The molecule has 1 saturated carbocycles. The maximum absolute atomic E-state index is 6.76. The summed E-state index contributed by atoms with van der Waals surface area (Å²) in [4.78, 5) is 8.34. The number of halogens is 1. The van der Waals surface area contributed by atoms with E-state index in [1.807, 2.05) is 36.6 Å². The molecule has 1 aromatic carbocycles. The summed E-state index contributed by atoms with van der Waals surface area (Å²) in [5.41, 5.74) is 6.44. The molecule has 2 N–H and O–H groups in total. The SMILES string of the molecule is COc1cccc(OC2CCC(C3=c4[nH]c5c(c4=NCC=C3Cl)CNN=C5)CC2)c1. The highest BCUT2D eigenvalue weighted by atomic mass is 35.5. The lowest BCUT2D eigenvalue weighted by molar-refractivity contribution is 0.142. The summed E-state index contributed by atoms with van der Waals surface area (Å²) >= 11 is 6.76. The summed E-state index contributed by atoms with van der Waals surface area (Å²) in [5, 5.41) is 7.08. The molecule has 1 aromatic heterocycles. The molecule has 1 fully saturated rings. The third-order valence-corrected chi connectivity index (χ3v) is 6.48. The van der Waals surface area contributed by atoms with E-state index in [0.717, 1.165) is 58.6 Å². The van der Waals surface area contributed by atoms with Crippen molar-refractivity contribution < 1.29 is 9.47 Å². The lowest BCUT2D eigenvalue weighted by Gasteiger charge is -2.30. The van der Waals surface area contributed by atoms with Crippen molar-refractivity contribution in [3.63, 3.8) is 0 Å². The minimum Gasteiger partial charge on any atom is -0.497 e. The van der Waals surface area contributed by atoms with Crippen molar-refractivity contribution in [1.82, 2.24) is 10.4 Å². The number of aromatic nitrogens is 1. The van der Waals surface area contributed by atoms with Crippen LogP contribution in [0.1, 0.15) is 36.9 Å². The highest BCUT2D eigenvalue weighted by molar-refractivity contribution is 6.35. The van der Waals surface area contributed by atoms with Crippen molar-refractivity contribution in [1.29, 1.82) is 0 Å². The summed E-state index contributed by atoms with van der Waals surface area (Å²) < 4.78 is 11.5. The smallest absolute Gasteiger partial charge is 0.123 e. The Hall–Kier alpha value is -2.73. The Bertz CT molecular complexity index is 1130. The second-order valence-electron chi connectivity index (χ2n) is 7.91. The number of rotatable bonds is 4. The van der Waals surface area contributed by atoms with E-state index in [9.17, 15) is 0 Å². The maximum Gasteiger partial charge on any atom is 0.123 e.